The molecule has 0 amide bonds. The van der Waals surface area contributed by atoms with Crippen molar-refractivity contribution in [1.82, 2.24) is 14.8 Å². The molecule has 3 rings (SSSR count). The van der Waals surface area contributed by atoms with Gasteiger partial charge in [0.25, 0.3) is 0 Å². The molecule has 0 saturated heterocycles. The molecule has 0 spiro atoms. The van der Waals surface area contributed by atoms with Gasteiger partial charge in [0.2, 0.25) is 10.0 Å². The zero-order chi connectivity index (χ0) is 14.9. The van der Waals surface area contributed by atoms with Crippen LogP contribution in [0.5, 0.6) is 0 Å². The molecule has 0 aliphatic rings. The van der Waals surface area contributed by atoms with Crippen molar-refractivity contribution in [2.45, 2.75) is 4.90 Å². The van der Waals surface area contributed by atoms with Crippen LogP contribution in [0, 0.1) is 0 Å². The second kappa shape index (κ2) is 5.12. The molecule has 2 aromatic carbocycles. The van der Waals surface area contributed by atoms with Gasteiger partial charge in [-0.1, -0.05) is 18.2 Å². The van der Waals surface area contributed by atoms with Gasteiger partial charge in [-0.05, 0) is 36.4 Å². The summed E-state index contributed by atoms with van der Waals surface area (Å²) >= 11 is 0. The first-order chi connectivity index (χ1) is 10.1. The summed E-state index contributed by atoms with van der Waals surface area (Å²) in [6.45, 7) is 0. The van der Waals surface area contributed by atoms with Gasteiger partial charge in [0.1, 0.15) is 6.33 Å². The molecule has 3 aromatic rings. The molecule has 0 aliphatic carbocycles. The average Bonchev–Trinajstić information content (AvgIpc) is 2.97. The molecule has 7 heteroatoms. The number of para-hydroxylation sites is 1. The third-order valence-corrected chi connectivity index (χ3v) is 3.95. The fourth-order valence-electron chi connectivity index (χ4n) is 2.00. The van der Waals surface area contributed by atoms with E-state index in [9.17, 15) is 8.42 Å². The maximum Gasteiger partial charge on any atom is 0.238 e. The van der Waals surface area contributed by atoms with Crippen molar-refractivity contribution in [2.24, 2.45) is 5.14 Å². The maximum absolute atomic E-state index is 11.3. The van der Waals surface area contributed by atoms with Crippen molar-refractivity contribution < 1.29 is 8.42 Å². The van der Waals surface area contributed by atoms with Crippen molar-refractivity contribution in [2.75, 3.05) is 0 Å². The Morgan fingerprint density at radius 1 is 0.952 bits per heavy atom. The normalized spacial score (nSPS) is 11.5. The lowest BCUT2D eigenvalue weighted by Crippen LogP contribution is -2.11. The molecule has 0 fully saturated rings. The number of benzene rings is 2. The summed E-state index contributed by atoms with van der Waals surface area (Å²) in [6, 6.07) is 15.9. The molecule has 21 heavy (non-hydrogen) atoms. The van der Waals surface area contributed by atoms with Crippen molar-refractivity contribution in [3.8, 4) is 17.1 Å². The third kappa shape index (κ3) is 2.69. The molecule has 6 nitrogen and oxygen atoms in total. The zero-order valence-electron chi connectivity index (χ0n) is 10.9. The van der Waals surface area contributed by atoms with Crippen LogP contribution in [0.15, 0.2) is 65.8 Å². The molecule has 0 saturated carbocycles. The molecular weight excluding hydrogens is 288 g/mol. The number of aromatic nitrogens is 3. The summed E-state index contributed by atoms with van der Waals surface area (Å²) in [4.78, 5) is 0.0667. The van der Waals surface area contributed by atoms with Crippen LogP contribution in [0.4, 0.5) is 0 Å². The fourth-order valence-corrected chi connectivity index (χ4v) is 2.52. The van der Waals surface area contributed by atoms with Gasteiger partial charge in [0.05, 0.1) is 4.90 Å². The summed E-state index contributed by atoms with van der Waals surface area (Å²) in [5, 5.41) is 13.1. The lowest BCUT2D eigenvalue weighted by molar-refractivity contribution is 0.598. The van der Waals surface area contributed by atoms with Crippen LogP contribution >= 0.6 is 0 Å². The first kappa shape index (κ1) is 13.5. The summed E-state index contributed by atoms with van der Waals surface area (Å²) in [6.07, 6.45) is 1.61. The average molecular weight is 300 g/mol. The van der Waals surface area contributed by atoms with Crippen LogP contribution < -0.4 is 5.14 Å². The summed E-state index contributed by atoms with van der Waals surface area (Å²) < 4.78 is 24.4. The number of primary sulfonamides is 1. The van der Waals surface area contributed by atoms with E-state index in [4.69, 9.17) is 5.14 Å². The van der Waals surface area contributed by atoms with E-state index >= 15 is 0 Å². The van der Waals surface area contributed by atoms with Gasteiger partial charge < -0.3 is 0 Å². The molecule has 0 radical (unpaired) electrons. The fraction of sp³-hybridized carbons (Fsp3) is 0. The first-order valence-corrected chi connectivity index (χ1v) is 7.69. The quantitative estimate of drug-likeness (QED) is 0.795. The number of hydrogen-bond donors (Lipinski definition) is 1. The van der Waals surface area contributed by atoms with Gasteiger partial charge >= 0.3 is 0 Å². The van der Waals surface area contributed by atoms with E-state index in [1.807, 2.05) is 34.9 Å². The zero-order valence-corrected chi connectivity index (χ0v) is 11.7. The molecule has 1 aromatic heterocycles. The van der Waals surface area contributed by atoms with E-state index in [0.29, 0.717) is 5.82 Å². The number of rotatable bonds is 3. The Labute approximate surface area is 121 Å². The standard InChI is InChI=1S/C14H12N4O2S/c15-21(19,20)13-8-6-11(7-9-13)14-17-16-10-18(14)12-4-2-1-3-5-12/h1-10H,(H2,15,19,20). The largest absolute Gasteiger partial charge is 0.282 e. The number of nitrogens with zero attached hydrogens (tertiary/aromatic N) is 3. The second-order valence-corrected chi connectivity index (χ2v) is 5.99. The van der Waals surface area contributed by atoms with Crippen molar-refractivity contribution in [3.05, 3.63) is 60.9 Å². The third-order valence-electron chi connectivity index (χ3n) is 3.02. The predicted octanol–water partition coefficient (Wildman–Crippen LogP) is 1.58. The second-order valence-electron chi connectivity index (χ2n) is 4.43. The molecular formula is C14H12N4O2S. The lowest BCUT2D eigenvalue weighted by Gasteiger charge is -2.06. The van der Waals surface area contributed by atoms with E-state index in [2.05, 4.69) is 10.2 Å². The first-order valence-electron chi connectivity index (χ1n) is 6.14. The SMILES string of the molecule is NS(=O)(=O)c1ccc(-c2nncn2-c2ccccc2)cc1. The Morgan fingerprint density at radius 3 is 2.24 bits per heavy atom. The molecule has 0 bridgehead atoms. The highest BCUT2D eigenvalue weighted by molar-refractivity contribution is 7.89. The minimum absolute atomic E-state index is 0.0667. The van der Waals surface area contributed by atoms with E-state index in [0.717, 1.165) is 11.3 Å². The Morgan fingerprint density at radius 2 is 1.62 bits per heavy atom. The Bertz CT molecular complexity index is 856. The number of sulfonamides is 1. The lowest BCUT2D eigenvalue weighted by atomic mass is 10.2. The monoisotopic (exact) mass is 300 g/mol. The summed E-state index contributed by atoms with van der Waals surface area (Å²) in [5.41, 5.74) is 1.68. The highest BCUT2D eigenvalue weighted by atomic mass is 32.2. The van der Waals surface area contributed by atoms with Gasteiger partial charge in [0, 0.05) is 11.3 Å². The highest BCUT2D eigenvalue weighted by Crippen LogP contribution is 2.21. The van der Waals surface area contributed by atoms with Crippen molar-refractivity contribution in [3.63, 3.8) is 0 Å². The summed E-state index contributed by atoms with van der Waals surface area (Å²) in [5.74, 6) is 0.627. The highest BCUT2D eigenvalue weighted by Gasteiger charge is 2.11. The van der Waals surface area contributed by atoms with Crippen molar-refractivity contribution >= 4 is 10.0 Å². The van der Waals surface area contributed by atoms with Gasteiger partial charge in [0.15, 0.2) is 5.82 Å². The van der Waals surface area contributed by atoms with Gasteiger partial charge in [-0.3, -0.25) is 4.57 Å². The van der Waals surface area contributed by atoms with Crippen molar-refractivity contribution in [1.29, 1.82) is 0 Å². The predicted molar refractivity (Wildman–Crippen MR) is 78.2 cm³/mol. The van der Waals surface area contributed by atoms with Crippen LogP contribution in [-0.4, -0.2) is 23.2 Å². The summed E-state index contributed by atoms with van der Waals surface area (Å²) in [7, 11) is -3.69. The molecule has 106 valence electrons. The Balaban J connectivity index is 2.05. The van der Waals surface area contributed by atoms with E-state index in [1.165, 1.54) is 12.1 Å². The van der Waals surface area contributed by atoms with E-state index < -0.39 is 10.0 Å². The maximum atomic E-state index is 11.3. The van der Waals surface area contributed by atoms with E-state index in [-0.39, 0.29) is 4.90 Å². The molecule has 1 heterocycles. The minimum Gasteiger partial charge on any atom is -0.282 e. The Hall–Kier alpha value is -2.51. The number of hydrogen-bond acceptors (Lipinski definition) is 4. The van der Waals surface area contributed by atoms with Gasteiger partial charge in [-0.25, -0.2) is 13.6 Å². The number of nitrogens with two attached hydrogens (primary N) is 1. The molecule has 0 atom stereocenters. The van der Waals surface area contributed by atoms with Gasteiger partial charge in [-0.2, -0.15) is 0 Å². The topological polar surface area (TPSA) is 90.9 Å². The van der Waals surface area contributed by atoms with Gasteiger partial charge in [-0.15, -0.1) is 10.2 Å². The van der Waals surface area contributed by atoms with Crippen LogP contribution in [0.2, 0.25) is 0 Å². The van der Waals surface area contributed by atoms with Crippen LogP contribution in [0.3, 0.4) is 0 Å². The smallest absolute Gasteiger partial charge is 0.238 e. The molecule has 0 unspecified atom stereocenters. The van der Waals surface area contributed by atoms with Crippen LogP contribution in [0.1, 0.15) is 0 Å². The molecule has 2 N–H and O–H groups in total. The molecule has 0 aliphatic heterocycles. The Kier molecular flexibility index (Phi) is 3.28. The minimum atomic E-state index is -3.69. The van der Waals surface area contributed by atoms with Crippen LogP contribution in [0.25, 0.3) is 17.1 Å². The van der Waals surface area contributed by atoms with Crippen LogP contribution in [-0.2, 0) is 10.0 Å². The van der Waals surface area contributed by atoms with E-state index in [1.54, 1.807) is 18.5 Å².